The number of carbonyl (C=O) groups is 2. The molecule has 0 radical (unpaired) electrons. The second-order valence-corrected chi connectivity index (χ2v) is 10.1. The molecule has 0 unspecified atom stereocenters. The van der Waals surface area contributed by atoms with E-state index in [1.54, 1.807) is 23.1 Å². The van der Waals surface area contributed by atoms with Crippen LogP contribution >= 0.6 is 27.5 Å². The number of hydrogen-bond donors (Lipinski definition) is 1. The molecule has 0 saturated carbocycles. The van der Waals surface area contributed by atoms with Gasteiger partial charge in [-0.1, -0.05) is 87.7 Å². The summed E-state index contributed by atoms with van der Waals surface area (Å²) < 4.78 is 6.59. The molecule has 35 heavy (non-hydrogen) atoms. The first-order chi connectivity index (χ1) is 16.7. The first-order valence-corrected chi connectivity index (χ1v) is 12.7. The number of halogens is 2. The van der Waals surface area contributed by atoms with Crippen LogP contribution in [-0.2, 0) is 22.6 Å². The van der Waals surface area contributed by atoms with Gasteiger partial charge in [-0.05, 0) is 50.1 Å². The highest BCUT2D eigenvalue weighted by Crippen LogP contribution is 2.28. The molecule has 1 N–H and O–H groups in total. The molecule has 0 aliphatic carbocycles. The van der Waals surface area contributed by atoms with Crippen molar-refractivity contribution in [2.75, 3.05) is 6.61 Å². The Balaban J connectivity index is 1.91. The Hall–Kier alpha value is -2.83. The third-order valence-corrected chi connectivity index (χ3v) is 6.21. The van der Waals surface area contributed by atoms with E-state index >= 15 is 0 Å². The summed E-state index contributed by atoms with van der Waals surface area (Å²) in [6.07, 6.45) is 0.385. The van der Waals surface area contributed by atoms with Gasteiger partial charge in [-0.3, -0.25) is 9.59 Å². The maximum absolute atomic E-state index is 13.6. The van der Waals surface area contributed by atoms with Crippen LogP contribution in [0, 0.1) is 6.92 Å². The number of hydrogen-bond acceptors (Lipinski definition) is 3. The van der Waals surface area contributed by atoms with Crippen LogP contribution in [-0.4, -0.2) is 35.4 Å². The van der Waals surface area contributed by atoms with Crippen LogP contribution in [0.15, 0.2) is 77.3 Å². The van der Waals surface area contributed by atoms with Crippen LogP contribution in [0.5, 0.6) is 5.75 Å². The van der Waals surface area contributed by atoms with Gasteiger partial charge in [-0.25, -0.2) is 0 Å². The van der Waals surface area contributed by atoms with Crippen LogP contribution in [0.1, 0.15) is 30.5 Å². The first-order valence-electron chi connectivity index (χ1n) is 11.5. The lowest BCUT2D eigenvalue weighted by Crippen LogP contribution is -2.52. The summed E-state index contributed by atoms with van der Waals surface area (Å²) in [7, 11) is 0. The van der Waals surface area contributed by atoms with E-state index in [-0.39, 0.29) is 31.0 Å². The van der Waals surface area contributed by atoms with Gasteiger partial charge in [0.05, 0.1) is 5.02 Å². The Morgan fingerprint density at radius 2 is 1.69 bits per heavy atom. The fourth-order valence-electron chi connectivity index (χ4n) is 3.64. The number of aryl methyl sites for hydroxylation is 1. The Labute approximate surface area is 220 Å². The fraction of sp³-hybridized carbons (Fsp3) is 0.286. The predicted molar refractivity (Wildman–Crippen MR) is 144 cm³/mol. The number of nitrogens with zero attached hydrogens (tertiary/aromatic N) is 1. The van der Waals surface area contributed by atoms with E-state index in [2.05, 4.69) is 21.2 Å². The zero-order chi connectivity index (χ0) is 25.4. The summed E-state index contributed by atoms with van der Waals surface area (Å²) in [4.78, 5) is 28.5. The highest BCUT2D eigenvalue weighted by Gasteiger charge is 2.31. The summed E-state index contributed by atoms with van der Waals surface area (Å²) in [5.41, 5.74) is 3.02. The Morgan fingerprint density at radius 1 is 1.00 bits per heavy atom. The minimum atomic E-state index is -0.711. The smallest absolute Gasteiger partial charge is 0.261 e. The van der Waals surface area contributed by atoms with Crippen molar-refractivity contribution in [2.45, 2.75) is 45.8 Å². The van der Waals surface area contributed by atoms with E-state index < -0.39 is 6.04 Å². The molecule has 0 fully saturated rings. The molecule has 3 aromatic rings. The van der Waals surface area contributed by atoms with Gasteiger partial charge >= 0.3 is 0 Å². The van der Waals surface area contributed by atoms with Crippen molar-refractivity contribution in [3.05, 3.63) is 99.0 Å². The Bertz CT molecular complexity index is 1140. The number of benzene rings is 3. The maximum atomic E-state index is 13.6. The molecule has 0 spiro atoms. The third-order valence-electron chi connectivity index (χ3n) is 5.42. The van der Waals surface area contributed by atoms with E-state index in [0.29, 0.717) is 17.2 Å². The topological polar surface area (TPSA) is 58.6 Å². The van der Waals surface area contributed by atoms with Crippen LogP contribution < -0.4 is 10.1 Å². The Morgan fingerprint density at radius 3 is 2.31 bits per heavy atom. The van der Waals surface area contributed by atoms with Gasteiger partial charge in [0.1, 0.15) is 11.8 Å². The van der Waals surface area contributed by atoms with E-state index in [1.807, 2.05) is 75.4 Å². The van der Waals surface area contributed by atoms with E-state index in [9.17, 15) is 9.59 Å². The van der Waals surface area contributed by atoms with Gasteiger partial charge in [0.2, 0.25) is 5.91 Å². The number of ether oxygens (including phenoxy) is 1. The van der Waals surface area contributed by atoms with Crippen molar-refractivity contribution in [1.82, 2.24) is 10.2 Å². The number of nitrogens with one attached hydrogen (secondary N) is 1. The van der Waals surface area contributed by atoms with E-state index in [1.165, 1.54) is 0 Å². The average molecular weight is 558 g/mol. The number of rotatable bonds is 10. The number of carbonyl (C=O) groups excluding carboxylic acids is 2. The summed E-state index contributed by atoms with van der Waals surface area (Å²) in [5, 5.41) is 3.38. The second-order valence-electron chi connectivity index (χ2n) is 8.74. The van der Waals surface area contributed by atoms with Crippen LogP contribution in [0.25, 0.3) is 0 Å². The van der Waals surface area contributed by atoms with Crippen LogP contribution in [0.4, 0.5) is 0 Å². The summed E-state index contributed by atoms with van der Waals surface area (Å²) >= 11 is 9.64. The van der Waals surface area contributed by atoms with E-state index in [0.717, 1.165) is 21.2 Å². The lowest BCUT2D eigenvalue weighted by atomic mass is 10.0. The molecule has 0 saturated heterocycles. The number of amides is 2. The second kappa shape index (κ2) is 12.8. The molecule has 1 atom stereocenters. The maximum Gasteiger partial charge on any atom is 0.261 e. The molecule has 7 heteroatoms. The monoisotopic (exact) mass is 556 g/mol. The first kappa shape index (κ1) is 26.8. The SMILES string of the molecule is Cc1ccc(CN(C(=O)COc2ccc(Br)cc2Cl)[C@@H](Cc2ccccc2)C(=O)NC(C)C)cc1. The quantitative estimate of drug-likeness (QED) is 0.335. The van der Waals surface area contributed by atoms with Crippen molar-refractivity contribution < 1.29 is 14.3 Å². The third kappa shape index (κ3) is 8.11. The normalized spacial score (nSPS) is 11.7. The molecule has 0 aliphatic heterocycles. The molecule has 184 valence electrons. The average Bonchev–Trinajstić information content (AvgIpc) is 2.82. The minimum Gasteiger partial charge on any atom is -0.482 e. The highest BCUT2D eigenvalue weighted by atomic mass is 79.9. The Kier molecular flexibility index (Phi) is 9.75. The summed E-state index contributed by atoms with van der Waals surface area (Å²) in [6, 6.07) is 22.1. The molecule has 2 amide bonds. The molecule has 0 aliphatic rings. The van der Waals surface area contributed by atoms with Crippen molar-refractivity contribution in [1.29, 1.82) is 0 Å². The van der Waals surface area contributed by atoms with Gasteiger partial charge in [-0.15, -0.1) is 0 Å². The largest absolute Gasteiger partial charge is 0.482 e. The lowest BCUT2D eigenvalue weighted by molar-refractivity contribution is -0.143. The van der Waals surface area contributed by atoms with Gasteiger partial charge in [0.15, 0.2) is 6.61 Å². The van der Waals surface area contributed by atoms with Crippen molar-refractivity contribution in [3.8, 4) is 5.75 Å². The fourth-order valence-corrected chi connectivity index (χ4v) is 4.37. The van der Waals surface area contributed by atoms with Gasteiger partial charge in [0, 0.05) is 23.5 Å². The summed E-state index contributed by atoms with van der Waals surface area (Å²) in [6.45, 7) is 5.86. The van der Waals surface area contributed by atoms with Gasteiger partial charge in [0.25, 0.3) is 5.91 Å². The highest BCUT2D eigenvalue weighted by molar-refractivity contribution is 9.10. The molecule has 3 rings (SSSR count). The molecular formula is C28H30BrClN2O3. The predicted octanol–water partition coefficient (Wildman–Crippen LogP) is 5.95. The lowest BCUT2D eigenvalue weighted by Gasteiger charge is -2.32. The summed E-state index contributed by atoms with van der Waals surface area (Å²) in [5.74, 6) is -0.0971. The molecule has 0 bridgehead atoms. The molecule has 5 nitrogen and oxygen atoms in total. The molecular weight excluding hydrogens is 528 g/mol. The van der Waals surface area contributed by atoms with Gasteiger partial charge in [-0.2, -0.15) is 0 Å². The van der Waals surface area contributed by atoms with Gasteiger partial charge < -0.3 is 15.0 Å². The minimum absolute atomic E-state index is 0.0603. The zero-order valence-electron chi connectivity index (χ0n) is 20.1. The van der Waals surface area contributed by atoms with Crippen LogP contribution in [0.3, 0.4) is 0 Å². The van der Waals surface area contributed by atoms with Crippen molar-refractivity contribution >= 4 is 39.3 Å². The van der Waals surface area contributed by atoms with Crippen molar-refractivity contribution in [2.24, 2.45) is 0 Å². The van der Waals surface area contributed by atoms with Crippen LogP contribution in [0.2, 0.25) is 5.02 Å². The van der Waals surface area contributed by atoms with E-state index in [4.69, 9.17) is 16.3 Å². The molecule has 0 aromatic heterocycles. The standard InChI is InChI=1S/C28H30BrClN2O3/c1-19(2)31-28(34)25(15-21-7-5-4-6-8-21)32(17-22-11-9-20(3)10-12-22)27(33)18-35-26-14-13-23(29)16-24(26)30/h4-14,16,19,25H,15,17-18H2,1-3H3,(H,31,34)/t25-/m0/s1. The molecule has 0 heterocycles. The van der Waals surface area contributed by atoms with Crippen molar-refractivity contribution in [3.63, 3.8) is 0 Å². The zero-order valence-corrected chi connectivity index (χ0v) is 22.5. The molecule has 3 aromatic carbocycles.